The lowest BCUT2D eigenvalue weighted by atomic mass is 9.84. The van der Waals surface area contributed by atoms with Crippen molar-refractivity contribution in [3.05, 3.63) is 0 Å². The summed E-state index contributed by atoms with van der Waals surface area (Å²) in [6.07, 6.45) is 7.52. The largest absolute Gasteiger partial charge is 0.389 e. The summed E-state index contributed by atoms with van der Waals surface area (Å²) in [6.45, 7) is 7.24. The van der Waals surface area contributed by atoms with Crippen LogP contribution in [0, 0.1) is 17.8 Å². The molecular formula is C18H32N2O2. The van der Waals surface area contributed by atoms with E-state index in [9.17, 15) is 9.90 Å². The lowest BCUT2D eigenvalue weighted by Crippen LogP contribution is -2.50. The van der Waals surface area contributed by atoms with Gasteiger partial charge in [-0.15, -0.1) is 0 Å². The molecular weight excluding hydrogens is 276 g/mol. The van der Waals surface area contributed by atoms with Gasteiger partial charge in [0.2, 0.25) is 5.91 Å². The molecule has 4 heteroatoms. The first-order valence-electron chi connectivity index (χ1n) is 9.10. The first kappa shape index (κ1) is 16.3. The summed E-state index contributed by atoms with van der Waals surface area (Å²) in [7, 11) is 0. The van der Waals surface area contributed by atoms with Crippen molar-refractivity contribution in [2.24, 2.45) is 17.8 Å². The molecule has 1 heterocycles. The molecule has 0 aromatic rings. The Bertz CT molecular complexity index is 418. The molecule has 2 saturated carbocycles. The van der Waals surface area contributed by atoms with Gasteiger partial charge in [0.1, 0.15) is 0 Å². The van der Waals surface area contributed by atoms with Crippen molar-refractivity contribution in [1.82, 2.24) is 10.2 Å². The molecule has 1 saturated heterocycles. The van der Waals surface area contributed by atoms with Gasteiger partial charge in [0, 0.05) is 12.1 Å². The zero-order chi connectivity index (χ0) is 15.9. The molecule has 4 nitrogen and oxygen atoms in total. The second-order valence-electron chi connectivity index (χ2n) is 8.48. The fourth-order valence-electron chi connectivity index (χ4n) is 5.31. The Balaban J connectivity index is 1.50. The summed E-state index contributed by atoms with van der Waals surface area (Å²) in [6, 6.07) is 0.405. The quantitative estimate of drug-likeness (QED) is 0.818. The SMILES string of the molecule is CC(NC(=O)CN1CCCC1C(C)(C)O)C1CC2CCC1C2. The molecule has 3 fully saturated rings. The minimum absolute atomic E-state index is 0.107. The number of nitrogens with zero attached hydrogens (tertiary/aromatic N) is 1. The number of amides is 1. The number of hydrogen-bond donors (Lipinski definition) is 2. The smallest absolute Gasteiger partial charge is 0.234 e. The van der Waals surface area contributed by atoms with Crippen LogP contribution in [-0.2, 0) is 4.79 Å². The Morgan fingerprint density at radius 1 is 1.32 bits per heavy atom. The van der Waals surface area contributed by atoms with Gasteiger partial charge in [0.25, 0.3) is 0 Å². The van der Waals surface area contributed by atoms with Gasteiger partial charge in [-0.05, 0) is 77.2 Å². The van der Waals surface area contributed by atoms with Crippen LogP contribution in [0.5, 0.6) is 0 Å². The minimum Gasteiger partial charge on any atom is -0.389 e. The van der Waals surface area contributed by atoms with Crippen molar-refractivity contribution < 1.29 is 9.90 Å². The highest BCUT2D eigenvalue weighted by molar-refractivity contribution is 5.78. The van der Waals surface area contributed by atoms with Gasteiger partial charge in [-0.2, -0.15) is 0 Å². The molecule has 2 N–H and O–H groups in total. The average Bonchev–Trinajstić information content (AvgIpc) is 3.12. The van der Waals surface area contributed by atoms with Crippen molar-refractivity contribution in [3.63, 3.8) is 0 Å². The van der Waals surface area contributed by atoms with E-state index in [1.807, 2.05) is 13.8 Å². The van der Waals surface area contributed by atoms with E-state index in [-0.39, 0.29) is 11.9 Å². The van der Waals surface area contributed by atoms with Gasteiger partial charge in [0.05, 0.1) is 12.1 Å². The van der Waals surface area contributed by atoms with Crippen molar-refractivity contribution in [3.8, 4) is 0 Å². The molecule has 3 aliphatic rings. The summed E-state index contributed by atoms with van der Waals surface area (Å²) < 4.78 is 0. The fourth-order valence-corrected chi connectivity index (χ4v) is 5.31. The maximum atomic E-state index is 12.4. The Hall–Kier alpha value is -0.610. The Kier molecular flexibility index (Phi) is 4.52. The number of carbonyl (C=O) groups is 1. The molecule has 0 aromatic heterocycles. The molecule has 3 rings (SSSR count). The molecule has 0 spiro atoms. The highest BCUT2D eigenvalue weighted by Gasteiger charge is 2.42. The summed E-state index contributed by atoms with van der Waals surface area (Å²) in [4.78, 5) is 14.6. The van der Waals surface area contributed by atoms with Crippen LogP contribution < -0.4 is 5.32 Å². The normalized spacial score (nSPS) is 36.7. The average molecular weight is 308 g/mol. The highest BCUT2D eigenvalue weighted by Crippen LogP contribution is 2.49. The third kappa shape index (κ3) is 3.33. The van der Waals surface area contributed by atoms with Gasteiger partial charge in [-0.25, -0.2) is 0 Å². The third-order valence-corrected chi connectivity index (χ3v) is 6.35. The van der Waals surface area contributed by atoms with Crippen molar-refractivity contribution >= 4 is 5.91 Å². The molecule has 22 heavy (non-hydrogen) atoms. The van der Waals surface area contributed by atoms with Crippen molar-refractivity contribution in [2.75, 3.05) is 13.1 Å². The second-order valence-corrected chi connectivity index (χ2v) is 8.48. The van der Waals surface area contributed by atoms with Crippen LogP contribution in [0.4, 0.5) is 0 Å². The van der Waals surface area contributed by atoms with Crippen LogP contribution in [0.15, 0.2) is 0 Å². The standard InChI is InChI=1S/C18H32N2O2/c1-12(15-10-13-6-7-14(15)9-13)19-17(21)11-20-8-4-5-16(20)18(2,3)22/h12-16,22H,4-11H2,1-3H3,(H,19,21). The monoisotopic (exact) mass is 308 g/mol. The number of nitrogens with one attached hydrogen (secondary N) is 1. The number of rotatable bonds is 5. The van der Waals surface area contributed by atoms with Crippen molar-refractivity contribution in [2.45, 2.75) is 77.0 Å². The van der Waals surface area contributed by atoms with E-state index in [4.69, 9.17) is 0 Å². The first-order chi connectivity index (χ1) is 10.3. The van der Waals surface area contributed by atoms with E-state index in [1.54, 1.807) is 0 Å². The highest BCUT2D eigenvalue weighted by atomic mass is 16.3. The van der Waals surface area contributed by atoms with Gasteiger partial charge >= 0.3 is 0 Å². The predicted molar refractivity (Wildman–Crippen MR) is 87.4 cm³/mol. The van der Waals surface area contributed by atoms with E-state index in [2.05, 4.69) is 17.1 Å². The molecule has 2 aliphatic carbocycles. The van der Waals surface area contributed by atoms with Crippen LogP contribution in [0.1, 0.15) is 59.3 Å². The number of fused-ring (bicyclic) bond motifs is 2. The minimum atomic E-state index is -0.729. The molecule has 0 aromatic carbocycles. The lowest BCUT2D eigenvalue weighted by Gasteiger charge is -2.34. The zero-order valence-corrected chi connectivity index (χ0v) is 14.3. The number of hydrogen-bond acceptors (Lipinski definition) is 3. The van der Waals surface area contributed by atoms with E-state index in [0.717, 1.165) is 31.2 Å². The molecule has 0 radical (unpaired) electrons. The summed E-state index contributed by atoms with van der Waals surface area (Å²) in [5, 5.41) is 13.5. The van der Waals surface area contributed by atoms with Crippen LogP contribution in [0.2, 0.25) is 0 Å². The Morgan fingerprint density at radius 2 is 2.09 bits per heavy atom. The zero-order valence-electron chi connectivity index (χ0n) is 14.3. The molecule has 5 atom stereocenters. The number of likely N-dealkylation sites (tertiary alicyclic amines) is 1. The number of aliphatic hydroxyl groups is 1. The first-order valence-corrected chi connectivity index (χ1v) is 9.10. The Morgan fingerprint density at radius 3 is 2.68 bits per heavy atom. The molecule has 126 valence electrons. The van der Waals surface area contributed by atoms with Gasteiger partial charge in [-0.1, -0.05) is 6.42 Å². The van der Waals surface area contributed by atoms with Crippen LogP contribution in [-0.4, -0.2) is 46.7 Å². The van der Waals surface area contributed by atoms with Crippen molar-refractivity contribution in [1.29, 1.82) is 0 Å². The topological polar surface area (TPSA) is 52.6 Å². The van der Waals surface area contributed by atoms with E-state index < -0.39 is 5.60 Å². The Labute approximate surface area is 134 Å². The molecule has 1 aliphatic heterocycles. The molecule has 5 unspecified atom stereocenters. The third-order valence-electron chi connectivity index (χ3n) is 6.35. The van der Waals surface area contributed by atoms with E-state index >= 15 is 0 Å². The van der Waals surface area contributed by atoms with Crippen LogP contribution >= 0.6 is 0 Å². The number of carbonyl (C=O) groups excluding carboxylic acids is 1. The summed E-state index contributed by atoms with van der Waals surface area (Å²) in [5.74, 6) is 2.58. The maximum Gasteiger partial charge on any atom is 0.234 e. The fraction of sp³-hybridized carbons (Fsp3) is 0.944. The second kappa shape index (κ2) is 6.12. The van der Waals surface area contributed by atoms with Crippen LogP contribution in [0.25, 0.3) is 0 Å². The maximum absolute atomic E-state index is 12.4. The van der Waals surface area contributed by atoms with Gasteiger partial charge in [0.15, 0.2) is 0 Å². The summed E-state index contributed by atoms with van der Waals surface area (Å²) in [5.41, 5.74) is -0.729. The van der Waals surface area contributed by atoms with Gasteiger partial charge in [-0.3, -0.25) is 9.69 Å². The lowest BCUT2D eigenvalue weighted by molar-refractivity contribution is -0.124. The van der Waals surface area contributed by atoms with E-state index in [0.29, 0.717) is 18.5 Å². The predicted octanol–water partition coefficient (Wildman–Crippen LogP) is 2.16. The molecule has 1 amide bonds. The van der Waals surface area contributed by atoms with E-state index in [1.165, 1.54) is 25.7 Å². The summed E-state index contributed by atoms with van der Waals surface area (Å²) >= 11 is 0. The van der Waals surface area contributed by atoms with Crippen LogP contribution in [0.3, 0.4) is 0 Å². The van der Waals surface area contributed by atoms with Gasteiger partial charge < -0.3 is 10.4 Å². The molecule has 2 bridgehead atoms.